The summed E-state index contributed by atoms with van der Waals surface area (Å²) >= 11 is 5.37. The van der Waals surface area contributed by atoms with Gasteiger partial charge in [0.1, 0.15) is 0 Å². The standard InChI is InChI=1S/C9H9Cl/c10-8-4-7-9-5-2-1-3-6-9/h1-6,8H,7H2. The third-order valence-corrected chi connectivity index (χ3v) is 1.46. The van der Waals surface area contributed by atoms with E-state index in [1.807, 2.05) is 24.3 Å². The first-order valence-corrected chi connectivity index (χ1v) is 3.66. The molecule has 0 N–H and O–H groups in total. The Hall–Kier alpha value is -0.750. The summed E-state index contributed by atoms with van der Waals surface area (Å²) in [7, 11) is 0. The van der Waals surface area contributed by atoms with Gasteiger partial charge in [-0.25, -0.2) is 0 Å². The molecule has 0 aliphatic carbocycles. The molecule has 0 atom stereocenters. The molecule has 0 aliphatic heterocycles. The van der Waals surface area contributed by atoms with Gasteiger partial charge in [0.15, 0.2) is 0 Å². The van der Waals surface area contributed by atoms with Crippen LogP contribution < -0.4 is 0 Å². The van der Waals surface area contributed by atoms with Gasteiger partial charge in [0, 0.05) is 5.54 Å². The Kier molecular flexibility index (Phi) is 3.04. The smallest absolute Gasteiger partial charge is 0.000580 e. The van der Waals surface area contributed by atoms with Gasteiger partial charge in [-0.05, 0) is 12.0 Å². The van der Waals surface area contributed by atoms with Crippen molar-refractivity contribution in [3.63, 3.8) is 0 Å². The highest BCUT2D eigenvalue weighted by Crippen LogP contribution is 1.99. The lowest BCUT2D eigenvalue weighted by molar-refractivity contribution is 1.28. The van der Waals surface area contributed by atoms with Gasteiger partial charge in [-0.2, -0.15) is 0 Å². The van der Waals surface area contributed by atoms with Crippen LogP contribution >= 0.6 is 11.6 Å². The van der Waals surface area contributed by atoms with Gasteiger partial charge in [0.05, 0.1) is 0 Å². The van der Waals surface area contributed by atoms with Crippen molar-refractivity contribution in [2.24, 2.45) is 0 Å². The van der Waals surface area contributed by atoms with Crippen LogP contribution in [0.2, 0.25) is 0 Å². The average molecular weight is 153 g/mol. The van der Waals surface area contributed by atoms with Gasteiger partial charge >= 0.3 is 0 Å². The minimum absolute atomic E-state index is 0.921. The molecule has 0 bridgehead atoms. The number of rotatable bonds is 2. The van der Waals surface area contributed by atoms with Gasteiger partial charge in [-0.3, -0.25) is 0 Å². The van der Waals surface area contributed by atoms with Crippen LogP contribution in [0.1, 0.15) is 5.56 Å². The fourth-order valence-corrected chi connectivity index (χ4v) is 0.884. The zero-order valence-electron chi connectivity index (χ0n) is 5.63. The average Bonchev–Trinajstić information content (AvgIpc) is 2.03. The third kappa shape index (κ3) is 2.24. The zero-order valence-corrected chi connectivity index (χ0v) is 6.38. The van der Waals surface area contributed by atoms with Crippen molar-refractivity contribution in [2.45, 2.75) is 6.42 Å². The molecule has 0 aromatic heterocycles. The molecule has 0 aliphatic rings. The molecular weight excluding hydrogens is 144 g/mol. The Morgan fingerprint density at radius 1 is 1.20 bits per heavy atom. The predicted octanol–water partition coefficient (Wildman–Crippen LogP) is 2.98. The van der Waals surface area contributed by atoms with E-state index in [0.717, 1.165) is 6.42 Å². The van der Waals surface area contributed by atoms with Crippen molar-refractivity contribution in [1.82, 2.24) is 0 Å². The van der Waals surface area contributed by atoms with E-state index in [0.29, 0.717) is 0 Å². The molecule has 1 aromatic carbocycles. The molecule has 1 rings (SSSR count). The van der Waals surface area contributed by atoms with Crippen LogP contribution in [-0.2, 0) is 6.42 Å². The Bertz CT molecular complexity index is 201. The summed E-state index contributed by atoms with van der Waals surface area (Å²) in [5, 5.41) is 0. The van der Waals surface area contributed by atoms with E-state index in [1.165, 1.54) is 5.56 Å². The summed E-state index contributed by atoms with van der Waals surface area (Å²) in [5.74, 6) is 0. The molecule has 1 aromatic rings. The predicted molar refractivity (Wildman–Crippen MR) is 45.1 cm³/mol. The normalized spacial score (nSPS) is 10.5. The van der Waals surface area contributed by atoms with Crippen LogP contribution in [0.3, 0.4) is 0 Å². The first-order chi connectivity index (χ1) is 4.93. The molecule has 0 amide bonds. The molecule has 52 valence electrons. The molecule has 0 spiro atoms. The lowest BCUT2D eigenvalue weighted by Gasteiger charge is -1.91. The van der Waals surface area contributed by atoms with E-state index < -0.39 is 0 Å². The fraction of sp³-hybridized carbons (Fsp3) is 0.111. The van der Waals surface area contributed by atoms with Crippen molar-refractivity contribution in [3.05, 3.63) is 47.5 Å². The number of hydrogen-bond acceptors (Lipinski definition) is 0. The van der Waals surface area contributed by atoms with Crippen LogP contribution in [0, 0.1) is 0 Å². The SMILES string of the molecule is ClC=CCc1ccccc1. The van der Waals surface area contributed by atoms with Crippen LogP contribution in [0.25, 0.3) is 0 Å². The highest BCUT2D eigenvalue weighted by Gasteiger charge is 1.83. The van der Waals surface area contributed by atoms with Crippen LogP contribution in [0.15, 0.2) is 41.9 Å². The minimum Gasteiger partial charge on any atom is -0.0933 e. The molecule has 0 saturated carbocycles. The summed E-state index contributed by atoms with van der Waals surface area (Å²) in [6.45, 7) is 0. The largest absolute Gasteiger partial charge is 0.0933 e. The van der Waals surface area contributed by atoms with Gasteiger partial charge < -0.3 is 0 Å². The second-order valence-electron chi connectivity index (χ2n) is 2.05. The maximum Gasteiger partial charge on any atom is 0.000580 e. The maximum atomic E-state index is 5.37. The monoisotopic (exact) mass is 152 g/mol. The van der Waals surface area contributed by atoms with Crippen molar-refractivity contribution in [3.8, 4) is 0 Å². The zero-order chi connectivity index (χ0) is 7.23. The summed E-state index contributed by atoms with van der Waals surface area (Å²) < 4.78 is 0. The van der Waals surface area contributed by atoms with Crippen molar-refractivity contribution >= 4 is 11.6 Å². The highest BCUT2D eigenvalue weighted by molar-refractivity contribution is 6.25. The molecule has 0 radical (unpaired) electrons. The van der Waals surface area contributed by atoms with Crippen LogP contribution in [-0.4, -0.2) is 0 Å². The van der Waals surface area contributed by atoms with Crippen LogP contribution in [0.5, 0.6) is 0 Å². The Morgan fingerprint density at radius 2 is 1.90 bits per heavy atom. The second-order valence-corrected chi connectivity index (χ2v) is 2.30. The summed E-state index contributed by atoms with van der Waals surface area (Å²) in [6.07, 6.45) is 2.85. The molecule has 0 fully saturated rings. The highest BCUT2D eigenvalue weighted by atomic mass is 35.5. The van der Waals surface area contributed by atoms with Gasteiger partial charge in [-0.1, -0.05) is 48.0 Å². The third-order valence-electron chi connectivity index (χ3n) is 1.29. The molecule has 0 saturated heterocycles. The van der Waals surface area contributed by atoms with Gasteiger partial charge in [-0.15, -0.1) is 0 Å². The van der Waals surface area contributed by atoms with E-state index in [-0.39, 0.29) is 0 Å². The number of halogens is 1. The Morgan fingerprint density at radius 3 is 2.50 bits per heavy atom. The Balaban J connectivity index is 2.59. The number of benzene rings is 1. The molecule has 0 unspecified atom stereocenters. The quantitative estimate of drug-likeness (QED) is 0.611. The van der Waals surface area contributed by atoms with Crippen molar-refractivity contribution < 1.29 is 0 Å². The van der Waals surface area contributed by atoms with Crippen LogP contribution in [0.4, 0.5) is 0 Å². The first kappa shape index (κ1) is 7.36. The maximum absolute atomic E-state index is 5.37. The molecular formula is C9H9Cl. The summed E-state index contributed by atoms with van der Waals surface area (Å²) in [5.41, 5.74) is 2.84. The lowest BCUT2D eigenvalue weighted by Crippen LogP contribution is -1.76. The summed E-state index contributed by atoms with van der Waals surface area (Å²) in [4.78, 5) is 0. The van der Waals surface area contributed by atoms with E-state index in [2.05, 4.69) is 12.1 Å². The van der Waals surface area contributed by atoms with E-state index in [1.54, 1.807) is 5.54 Å². The topological polar surface area (TPSA) is 0 Å². The number of hydrogen-bond donors (Lipinski definition) is 0. The van der Waals surface area contributed by atoms with E-state index >= 15 is 0 Å². The molecule has 1 heteroatoms. The fourth-order valence-electron chi connectivity index (χ4n) is 0.795. The second kappa shape index (κ2) is 4.13. The minimum atomic E-state index is 0.921. The summed E-state index contributed by atoms with van der Waals surface area (Å²) in [6, 6.07) is 10.2. The van der Waals surface area contributed by atoms with E-state index in [4.69, 9.17) is 11.6 Å². The van der Waals surface area contributed by atoms with Gasteiger partial charge in [0.25, 0.3) is 0 Å². The van der Waals surface area contributed by atoms with Crippen molar-refractivity contribution in [2.75, 3.05) is 0 Å². The van der Waals surface area contributed by atoms with Gasteiger partial charge in [0.2, 0.25) is 0 Å². The first-order valence-electron chi connectivity index (χ1n) is 3.22. The number of allylic oxidation sites excluding steroid dienone is 1. The Labute approximate surface area is 66.1 Å². The molecule has 10 heavy (non-hydrogen) atoms. The molecule has 0 nitrogen and oxygen atoms in total. The lowest BCUT2D eigenvalue weighted by atomic mass is 10.2. The van der Waals surface area contributed by atoms with Crippen molar-refractivity contribution in [1.29, 1.82) is 0 Å². The molecule has 0 heterocycles. The van der Waals surface area contributed by atoms with E-state index in [9.17, 15) is 0 Å².